The van der Waals surface area contributed by atoms with Gasteiger partial charge in [-0.1, -0.05) is 34.8 Å². The number of hydrogen-bond donors (Lipinski definition) is 0. The molecule has 1 heterocycles. The van der Waals surface area contributed by atoms with Crippen LogP contribution in [0.25, 0.3) is 10.4 Å². The lowest BCUT2D eigenvalue weighted by Gasteiger charge is -2.05. The number of Topliss-reactive ketones (excluding diaryl/α,β-unsaturated/α-hetero) is 1. The van der Waals surface area contributed by atoms with Gasteiger partial charge in [-0.2, -0.15) is 0 Å². The van der Waals surface area contributed by atoms with Crippen LogP contribution in [0.4, 0.5) is 0 Å². The molecular formula is C12H7Cl3OS. The van der Waals surface area contributed by atoms with Crippen LogP contribution >= 0.6 is 46.1 Å². The van der Waals surface area contributed by atoms with Gasteiger partial charge >= 0.3 is 0 Å². The van der Waals surface area contributed by atoms with Crippen LogP contribution in [-0.2, 0) is 0 Å². The largest absolute Gasteiger partial charge is 0.294 e. The monoisotopic (exact) mass is 304 g/mol. The van der Waals surface area contributed by atoms with Gasteiger partial charge in [-0.05, 0) is 31.2 Å². The lowest BCUT2D eigenvalue weighted by atomic mass is 10.2. The van der Waals surface area contributed by atoms with Crippen molar-refractivity contribution in [3.63, 3.8) is 0 Å². The van der Waals surface area contributed by atoms with Crippen molar-refractivity contribution < 1.29 is 4.79 Å². The van der Waals surface area contributed by atoms with Gasteiger partial charge in [0.25, 0.3) is 0 Å². The molecule has 17 heavy (non-hydrogen) atoms. The van der Waals surface area contributed by atoms with E-state index in [-0.39, 0.29) is 5.78 Å². The van der Waals surface area contributed by atoms with E-state index in [4.69, 9.17) is 34.8 Å². The summed E-state index contributed by atoms with van der Waals surface area (Å²) in [4.78, 5) is 12.8. The Morgan fingerprint density at radius 3 is 2.18 bits per heavy atom. The zero-order valence-electron chi connectivity index (χ0n) is 8.76. The van der Waals surface area contributed by atoms with Crippen LogP contribution < -0.4 is 0 Å². The molecule has 88 valence electrons. The number of benzene rings is 1. The molecule has 0 bridgehead atoms. The minimum Gasteiger partial charge on any atom is -0.294 e. The molecule has 0 radical (unpaired) electrons. The van der Waals surface area contributed by atoms with Gasteiger partial charge in [0.05, 0.1) is 14.9 Å². The van der Waals surface area contributed by atoms with Crippen molar-refractivity contribution in [3.05, 3.63) is 44.2 Å². The van der Waals surface area contributed by atoms with Gasteiger partial charge < -0.3 is 0 Å². The SMILES string of the molecule is CC(=O)c1ccc(-c2c(Cl)cc(Cl)cc2Cl)s1. The predicted molar refractivity (Wildman–Crippen MR) is 74.8 cm³/mol. The summed E-state index contributed by atoms with van der Waals surface area (Å²) in [6, 6.07) is 6.88. The lowest BCUT2D eigenvalue weighted by molar-refractivity contribution is 0.102. The van der Waals surface area contributed by atoms with Crippen molar-refractivity contribution in [2.24, 2.45) is 0 Å². The molecule has 0 spiro atoms. The molecule has 0 atom stereocenters. The standard InChI is InChI=1S/C12H7Cl3OS/c1-6(16)10-2-3-11(17-10)12-8(14)4-7(13)5-9(12)15/h2-5H,1H3. The van der Waals surface area contributed by atoms with Crippen LogP contribution in [0.15, 0.2) is 24.3 Å². The molecule has 0 N–H and O–H groups in total. The number of thiophene rings is 1. The third-order valence-corrected chi connectivity index (χ3v) is 4.22. The molecule has 1 aromatic heterocycles. The second kappa shape index (κ2) is 4.99. The molecule has 1 aromatic carbocycles. The number of carbonyl (C=O) groups excluding carboxylic acids is 1. The molecule has 0 unspecified atom stereocenters. The molecule has 0 aliphatic heterocycles. The maximum absolute atomic E-state index is 11.2. The molecule has 0 saturated heterocycles. The van der Waals surface area contributed by atoms with Crippen molar-refractivity contribution >= 4 is 51.9 Å². The highest BCUT2D eigenvalue weighted by Gasteiger charge is 2.13. The summed E-state index contributed by atoms with van der Waals surface area (Å²) < 4.78 is 0. The van der Waals surface area contributed by atoms with E-state index < -0.39 is 0 Å². The molecule has 0 saturated carbocycles. The van der Waals surface area contributed by atoms with Crippen molar-refractivity contribution in [1.82, 2.24) is 0 Å². The maximum Gasteiger partial charge on any atom is 0.169 e. The third-order valence-electron chi connectivity index (χ3n) is 2.21. The van der Waals surface area contributed by atoms with Crippen molar-refractivity contribution in [2.75, 3.05) is 0 Å². The van der Waals surface area contributed by atoms with Crippen molar-refractivity contribution in [1.29, 1.82) is 0 Å². The van der Waals surface area contributed by atoms with Gasteiger partial charge in [0, 0.05) is 15.5 Å². The first kappa shape index (κ1) is 12.9. The van der Waals surface area contributed by atoms with Crippen LogP contribution in [0.2, 0.25) is 15.1 Å². The highest BCUT2D eigenvalue weighted by atomic mass is 35.5. The number of rotatable bonds is 2. The molecule has 2 rings (SSSR count). The van der Waals surface area contributed by atoms with Gasteiger partial charge in [-0.3, -0.25) is 4.79 Å². The topological polar surface area (TPSA) is 17.1 Å². The van der Waals surface area contributed by atoms with E-state index in [9.17, 15) is 4.79 Å². The van der Waals surface area contributed by atoms with E-state index >= 15 is 0 Å². The highest BCUT2D eigenvalue weighted by Crippen LogP contribution is 2.40. The van der Waals surface area contributed by atoms with Crippen molar-refractivity contribution in [2.45, 2.75) is 6.92 Å². The van der Waals surface area contributed by atoms with Crippen LogP contribution in [0.1, 0.15) is 16.6 Å². The second-order valence-corrected chi connectivity index (χ2v) is 5.80. The van der Waals surface area contributed by atoms with E-state index in [0.717, 1.165) is 10.4 Å². The maximum atomic E-state index is 11.2. The fraction of sp³-hybridized carbons (Fsp3) is 0.0833. The second-order valence-electron chi connectivity index (χ2n) is 3.46. The summed E-state index contributed by atoms with van der Waals surface area (Å²) >= 11 is 19.4. The average Bonchev–Trinajstić information content (AvgIpc) is 2.65. The predicted octanol–water partition coefficient (Wildman–Crippen LogP) is 5.58. The van der Waals surface area contributed by atoms with Crippen LogP contribution in [0.5, 0.6) is 0 Å². The molecule has 0 fully saturated rings. The molecule has 0 amide bonds. The van der Waals surface area contributed by atoms with Gasteiger partial charge in [-0.25, -0.2) is 0 Å². The highest BCUT2D eigenvalue weighted by molar-refractivity contribution is 7.17. The van der Waals surface area contributed by atoms with Gasteiger partial charge in [0.15, 0.2) is 5.78 Å². The molecule has 2 aromatic rings. The number of ketones is 1. The summed E-state index contributed by atoms with van der Waals surface area (Å²) in [5.41, 5.74) is 0.718. The van der Waals surface area contributed by atoms with E-state index in [0.29, 0.717) is 19.9 Å². The van der Waals surface area contributed by atoms with Gasteiger partial charge in [0.1, 0.15) is 0 Å². The average molecular weight is 306 g/mol. The zero-order valence-corrected chi connectivity index (χ0v) is 11.8. The first-order chi connectivity index (χ1) is 7.99. The molecule has 1 nitrogen and oxygen atoms in total. The molecule has 0 aliphatic carbocycles. The minimum absolute atomic E-state index is 0.0301. The first-order valence-electron chi connectivity index (χ1n) is 4.74. The summed E-state index contributed by atoms with van der Waals surface area (Å²) in [5, 5.41) is 1.46. The minimum atomic E-state index is 0.0301. The first-order valence-corrected chi connectivity index (χ1v) is 6.70. The Kier molecular flexibility index (Phi) is 3.79. The van der Waals surface area contributed by atoms with E-state index in [1.54, 1.807) is 18.2 Å². The fourth-order valence-corrected chi connectivity index (χ4v) is 3.55. The quantitative estimate of drug-likeness (QED) is 0.662. The Morgan fingerprint density at radius 1 is 1.12 bits per heavy atom. The van der Waals surface area contributed by atoms with Crippen LogP contribution in [0, 0.1) is 0 Å². The molecule has 0 aliphatic rings. The van der Waals surface area contributed by atoms with Crippen molar-refractivity contribution in [3.8, 4) is 10.4 Å². The van der Waals surface area contributed by atoms with Crippen LogP contribution in [0.3, 0.4) is 0 Å². The third kappa shape index (κ3) is 2.66. The van der Waals surface area contributed by atoms with Crippen LogP contribution in [-0.4, -0.2) is 5.78 Å². The van der Waals surface area contributed by atoms with Gasteiger partial charge in [-0.15, -0.1) is 11.3 Å². The van der Waals surface area contributed by atoms with E-state index in [1.165, 1.54) is 18.3 Å². The molecular weight excluding hydrogens is 299 g/mol. The zero-order chi connectivity index (χ0) is 12.6. The summed E-state index contributed by atoms with van der Waals surface area (Å²) in [6.07, 6.45) is 0. The summed E-state index contributed by atoms with van der Waals surface area (Å²) in [5.74, 6) is 0.0301. The Balaban J connectivity index is 2.56. The normalized spacial score (nSPS) is 10.6. The number of halogens is 3. The lowest BCUT2D eigenvalue weighted by Crippen LogP contribution is -1.83. The Hall–Kier alpha value is -0.540. The van der Waals surface area contributed by atoms with E-state index in [2.05, 4.69) is 0 Å². The molecule has 5 heteroatoms. The van der Waals surface area contributed by atoms with E-state index in [1.807, 2.05) is 6.07 Å². The summed E-state index contributed by atoms with van der Waals surface area (Å²) in [7, 11) is 0. The Bertz CT molecular complexity index is 566. The Labute approximate surface area is 118 Å². The fourth-order valence-electron chi connectivity index (χ4n) is 1.44. The summed E-state index contributed by atoms with van der Waals surface area (Å²) in [6.45, 7) is 1.53. The number of carbonyl (C=O) groups is 1. The van der Waals surface area contributed by atoms with Gasteiger partial charge in [0.2, 0.25) is 0 Å². The smallest absolute Gasteiger partial charge is 0.169 e. The Morgan fingerprint density at radius 2 is 1.71 bits per heavy atom. The number of hydrogen-bond acceptors (Lipinski definition) is 2.